The number of nitriles is 1. The van der Waals surface area contributed by atoms with Crippen molar-refractivity contribution in [2.75, 3.05) is 5.32 Å². The maximum Gasteiger partial charge on any atom is 0.266 e. The molecule has 3 rings (SSSR count). The Morgan fingerprint density at radius 1 is 1.09 bits per heavy atom. The highest BCUT2D eigenvalue weighted by Crippen LogP contribution is 2.23. The van der Waals surface area contributed by atoms with Crippen LogP contribution in [0.15, 0.2) is 72.6 Å². The topological polar surface area (TPSA) is 65.8 Å². The summed E-state index contributed by atoms with van der Waals surface area (Å²) in [4.78, 5) is 16.3. The summed E-state index contributed by atoms with van der Waals surface area (Å²) in [6.45, 7) is 0. The molecular weight excluding hydrogens is 286 g/mol. The van der Waals surface area contributed by atoms with Crippen molar-refractivity contribution in [1.82, 2.24) is 4.98 Å². The number of aromatic nitrogens is 1. The maximum atomic E-state index is 12.4. The van der Waals surface area contributed by atoms with Gasteiger partial charge in [-0.3, -0.25) is 9.78 Å². The van der Waals surface area contributed by atoms with Crippen LogP contribution in [0.4, 0.5) is 5.69 Å². The molecule has 0 unspecified atom stereocenters. The molecule has 0 aliphatic carbocycles. The van der Waals surface area contributed by atoms with Crippen LogP contribution in [0.25, 0.3) is 16.8 Å². The number of carbonyl (C=O) groups is 1. The summed E-state index contributed by atoms with van der Waals surface area (Å²) in [7, 11) is 0. The lowest BCUT2D eigenvalue weighted by molar-refractivity contribution is -0.112. The van der Waals surface area contributed by atoms with Crippen LogP contribution in [0.3, 0.4) is 0 Å². The summed E-state index contributed by atoms with van der Waals surface area (Å²) in [6, 6.07) is 18.9. The van der Waals surface area contributed by atoms with E-state index in [1.165, 1.54) is 6.08 Å². The van der Waals surface area contributed by atoms with Crippen LogP contribution in [0.2, 0.25) is 0 Å². The highest BCUT2D eigenvalue weighted by atomic mass is 16.1. The van der Waals surface area contributed by atoms with Crippen LogP contribution in [0, 0.1) is 11.3 Å². The number of benzene rings is 2. The zero-order valence-corrected chi connectivity index (χ0v) is 12.2. The molecule has 4 nitrogen and oxygen atoms in total. The monoisotopic (exact) mass is 299 g/mol. The van der Waals surface area contributed by atoms with Crippen LogP contribution in [0.1, 0.15) is 5.56 Å². The first kappa shape index (κ1) is 14.5. The minimum Gasteiger partial charge on any atom is -0.321 e. The smallest absolute Gasteiger partial charge is 0.266 e. The third kappa shape index (κ3) is 3.25. The molecule has 3 aromatic rings. The van der Waals surface area contributed by atoms with E-state index >= 15 is 0 Å². The molecule has 0 saturated carbocycles. The van der Waals surface area contributed by atoms with Crippen molar-refractivity contribution < 1.29 is 4.79 Å². The maximum absolute atomic E-state index is 12.4. The molecule has 0 aliphatic heterocycles. The van der Waals surface area contributed by atoms with E-state index in [9.17, 15) is 10.1 Å². The zero-order chi connectivity index (χ0) is 16.1. The Labute approximate surface area is 133 Å². The lowest BCUT2D eigenvalue weighted by atomic mass is 10.1. The van der Waals surface area contributed by atoms with E-state index in [1.54, 1.807) is 24.5 Å². The molecule has 2 aromatic carbocycles. The molecule has 110 valence electrons. The molecule has 0 bridgehead atoms. The van der Waals surface area contributed by atoms with E-state index in [4.69, 9.17) is 0 Å². The second kappa shape index (κ2) is 6.54. The number of hydrogen-bond donors (Lipinski definition) is 1. The Bertz CT molecular complexity index is 919. The third-order valence-electron chi connectivity index (χ3n) is 3.40. The first-order chi connectivity index (χ1) is 11.3. The molecule has 1 amide bonds. The first-order valence-electron chi connectivity index (χ1n) is 7.09. The van der Waals surface area contributed by atoms with Crippen molar-refractivity contribution in [3.63, 3.8) is 0 Å². The number of fused-ring (bicyclic) bond motifs is 1. The van der Waals surface area contributed by atoms with Gasteiger partial charge in [0.15, 0.2) is 0 Å². The van der Waals surface area contributed by atoms with E-state index in [-0.39, 0.29) is 5.57 Å². The molecule has 0 spiro atoms. The van der Waals surface area contributed by atoms with Crippen molar-refractivity contribution in [3.8, 4) is 6.07 Å². The van der Waals surface area contributed by atoms with Gasteiger partial charge >= 0.3 is 0 Å². The summed E-state index contributed by atoms with van der Waals surface area (Å²) in [5.74, 6) is -0.437. The van der Waals surface area contributed by atoms with Crippen LogP contribution >= 0.6 is 0 Å². The quantitative estimate of drug-likeness (QED) is 0.591. The van der Waals surface area contributed by atoms with Gasteiger partial charge in [0.2, 0.25) is 0 Å². The molecule has 1 N–H and O–H groups in total. The number of rotatable bonds is 3. The first-order valence-corrected chi connectivity index (χ1v) is 7.09. The third-order valence-corrected chi connectivity index (χ3v) is 3.40. The molecule has 4 heteroatoms. The van der Waals surface area contributed by atoms with Gasteiger partial charge in [0, 0.05) is 23.5 Å². The molecule has 0 radical (unpaired) electrons. The van der Waals surface area contributed by atoms with Crippen molar-refractivity contribution in [2.45, 2.75) is 0 Å². The van der Waals surface area contributed by atoms with Crippen LogP contribution in [-0.2, 0) is 4.79 Å². The predicted molar refractivity (Wildman–Crippen MR) is 90.4 cm³/mol. The minimum atomic E-state index is -0.437. The van der Waals surface area contributed by atoms with Crippen molar-refractivity contribution >= 4 is 28.4 Å². The number of hydrogen-bond acceptors (Lipinski definition) is 3. The molecule has 23 heavy (non-hydrogen) atoms. The van der Waals surface area contributed by atoms with Gasteiger partial charge in [-0.05, 0) is 29.2 Å². The number of anilines is 1. The zero-order valence-electron chi connectivity index (χ0n) is 12.2. The standard InChI is InChI=1S/C19H13N3O/c20-12-16(11-14-5-4-10-21-13-14)19(23)22-18-9-3-7-15-6-1-2-8-17(15)18/h1-11,13H,(H,22,23). The lowest BCUT2D eigenvalue weighted by Crippen LogP contribution is -2.13. The highest BCUT2D eigenvalue weighted by Gasteiger charge is 2.11. The summed E-state index contributed by atoms with van der Waals surface area (Å²) < 4.78 is 0. The van der Waals surface area contributed by atoms with Crippen molar-refractivity contribution in [1.29, 1.82) is 5.26 Å². The minimum absolute atomic E-state index is 0.0333. The SMILES string of the molecule is N#CC(=Cc1cccnc1)C(=O)Nc1cccc2ccccc12. The van der Waals surface area contributed by atoms with Gasteiger partial charge in [0.05, 0.1) is 0 Å². The van der Waals surface area contributed by atoms with Gasteiger partial charge in [-0.25, -0.2) is 0 Å². The summed E-state index contributed by atoms with van der Waals surface area (Å²) in [5.41, 5.74) is 1.42. The van der Waals surface area contributed by atoms with Gasteiger partial charge in [0.1, 0.15) is 11.6 Å². The highest BCUT2D eigenvalue weighted by molar-refractivity contribution is 6.12. The van der Waals surface area contributed by atoms with Gasteiger partial charge in [-0.15, -0.1) is 0 Å². The van der Waals surface area contributed by atoms with Gasteiger partial charge < -0.3 is 5.32 Å². The Morgan fingerprint density at radius 2 is 1.91 bits per heavy atom. The molecule has 0 fully saturated rings. The summed E-state index contributed by atoms with van der Waals surface area (Å²) >= 11 is 0. The van der Waals surface area contributed by atoms with Crippen LogP contribution in [-0.4, -0.2) is 10.9 Å². The van der Waals surface area contributed by atoms with E-state index in [0.717, 1.165) is 10.8 Å². The fraction of sp³-hybridized carbons (Fsp3) is 0. The predicted octanol–water partition coefficient (Wildman–Crippen LogP) is 3.78. The normalized spacial score (nSPS) is 11.0. The molecule has 1 aromatic heterocycles. The fourth-order valence-electron chi connectivity index (χ4n) is 2.30. The van der Waals surface area contributed by atoms with Crippen LogP contribution < -0.4 is 5.32 Å². The van der Waals surface area contributed by atoms with E-state index in [0.29, 0.717) is 11.3 Å². The fourth-order valence-corrected chi connectivity index (χ4v) is 2.30. The Morgan fingerprint density at radius 3 is 2.70 bits per heavy atom. The lowest BCUT2D eigenvalue weighted by Gasteiger charge is -2.08. The second-order valence-electron chi connectivity index (χ2n) is 4.94. The molecule has 0 aliphatic rings. The summed E-state index contributed by atoms with van der Waals surface area (Å²) in [6.07, 6.45) is 4.76. The van der Waals surface area contributed by atoms with Gasteiger partial charge in [-0.2, -0.15) is 5.26 Å². The largest absolute Gasteiger partial charge is 0.321 e. The van der Waals surface area contributed by atoms with Gasteiger partial charge in [0.25, 0.3) is 5.91 Å². The number of amides is 1. The van der Waals surface area contributed by atoms with Crippen LogP contribution in [0.5, 0.6) is 0 Å². The Balaban J connectivity index is 1.91. The average molecular weight is 299 g/mol. The van der Waals surface area contributed by atoms with E-state index in [2.05, 4.69) is 10.3 Å². The average Bonchev–Trinajstić information content (AvgIpc) is 2.61. The molecule has 1 heterocycles. The molecule has 0 saturated heterocycles. The number of carbonyl (C=O) groups excluding carboxylic acids is 1. The van der Waals surface area contributed by atoms with Crippen molar-refractivity contribution in [2.24, 2.45) is 0 Å². The van der Waals surface area contributed by atoms with E-state index in [1.807, 2.05) is 48.5 Å². The number of pyridine rings is 1. The Hall–Kier alpha value is -3.45. The van der Waals surface area contributed by atoms with Crippen molar-refractivity contribution in [3.05, 3.63) is 78.1 Å². The second-order valence-corrected chi connectivity index (χ2v) is 4.94. The Kier molecular flexibility index (Phi) is 4.12. The van der Waals surface area contributed by atoms with E-state index < -0.39 is 5.91 Å². The molecular formula is C19H13N3O. The van der Waals surface area contributed by atoms with Gasteiger partial charge in [-0.1, -0.05) is 42.5 Å². The number of nitrogens with one attached hydrogen (secondary N) is 1. The summed E-state index contributed by atoms with van der Waals surface area (Å²) in [5, 5.41) is 14.0. The molecule has 0 atom stereocenters. The number of nitrogens with zero attached hydrogens (tertiary/aromatic N) is 2.